The van der Waals surface area contributed by atoms with Crippen LogP contribution in [0.2, 0.25) is 10.0 Å². The molecule has 1 N–H and O–H groups in total. The number of nitrogens with one attached hydrogen (secondary N) is 1. The number of benzene rings is 1. The molecular weight excluding hydrogens is 263 g/mol. The maximum absolute atomic E-state index is 10.8. The summed E-state index contributed by atoms with van der Waals surface area (Å²) >= 11 is 11.7. The van der Waals surface area contributed by atoms with E-state index in [4.69, 9.17) is 27.9 Å². The van der Waals surface area contributed by atoms with Crippen LogP contribution < -0.4 is 5.43 Å². The van der Waals surface area contributed by atoms with Crippen LogP contribution in [0.4, 0.5) is 5.69 Å². The third-order valence-electron chi connectivity index (χ3n) is 1.81. The quantitative estimate of drug-likeness (QED) is 0.509. The zero-order valence-electron chi connectivity index (χ0n) is 9.24. The second kappa shape index (κ2) is 7.14. The van der Waals surface area contributed by atoms with E-state index >= 15 is 0 Å². The molecule has 0 radical (unpaired) electrons. The van der Waals surface area contributed by atoms with Crippen LogP contribution in [0.15, 0.2) is 23.3 Å². The second-order valence-electron chi connectivity index (χ2n) is 3.08. The zero-order valence-corrected chi connectivity index (χ0v) is 10.8. The van der Waals surface area contributed by atoms with Gasteiger partial charge in [-0.15, -0.1) is 0 Å². The van der Waals surface area contributed by atoms with E-state index in [1.807, 2.05) is 0 Å². The number of anilines is 1. The van der Waals surface area contributed by atoms with E-state index < -0.39 is 0 Å². The predicted octanol–water partition coefficient (Wildman–Crippen LogP) is 3.34. The molecule has 1 aromatic carbocycles. The lowest BCUT2D eigenvalue weighted by Crippen LogP contribution is -2.05. The topological polar surface area (TPSA) is 50.7 Å². The number of esters is 1. The van der Waals surface area contributed by atoms with E-state index in [-0.39, 0.29) is 12.6 Å². The maximum atomic E-state index is 10.8. The summed E-state index contributed by atoms with van der Waals surface area (Å²) in [4.78, 5) is 10.8. The lowest BCUT2D eigenvalue weighted by Gasteiger charge is -2.03. The van der Waals surface area contributed by atoms with E-state index in [1.54, 1.807) is 25.1 Å². The molecule has 0 saturated heterocycles. The highest BCUT2D eigenvalue weighted by Gasteiger charge is 1.99. The van der Waals surface area contributed by atoms with Gasteiger partial charge in [0.15, 0.2) is 0 Å². The molecule has 0 heterocycles. The van der Waals surface area contributed by atoms with Gasteiger partial charge in [0.2, 0.25) is 0 Å². The summed E-state index contributed by atoms with van der Waals surface area (Å²) in [5.74, 6) is -0.263. The Morgan fingerprint density at radius 3 is 2.94 bits per heavy atom. The highest BCUT2D eigenvalue weighted by molar-refractivity contribution is 6.36. The van der Waals surface area contributed by atoms with Gasteiger partial charge in [-0.05, 0) is 18.2 Å². The first-order valence-corrected chi connectivity index (χ1v) is 5.77. The SMILES string of the molecule is CCC(=O)OCC=NNc1ccc(Cl)cc1Cl. The molecule has 0 spiro atoms. The number of carbonyl (C=O) groups is 1. The van der Waals surface area contributed by atoms with Gasteiger partial charge in [0.05, 0.1) is 16.9 Å². The van der Waals surface area contributed by atoms with Gasteiger partial charge < -0.3 is 4.74 Å². The molecular formula is C11H12Cl2N2O2. The molecule has 6 heteroatoms. The average molecular weight is 275 g/mol. The van der Waals surface area contributed by atoms with Crippen LogP contribution in [0.25, 0.3) is 0 Å². The molecule has 0 fully saturated rings. The number of hydrogen-bond donors (Lipinski definition) is 1. The van der Waals surface area contributed by atoms with Gasteiger partial charge in [0.1, 0.15) is 6.61 Å². The van der Waals surface area contributed by atoms with E-state index in [1.165, 1.54) is 6.21 Å². The van der Waals surface area contributed by atoms with Gasteiger partial charge in [-0.25, -0.2) is 0 Å². The minimum absolute atomic E-state index is 0.130. The molecule has 4 nitrogen and oxygen atoms in total. The second-order valence-corrected chi connectivity index (χ2v) is 3.93. The molecule has 0 aromatic heterocycles. The van der Waals surface area contributed by atoms with Crippen LogP contribution in [-0.2, 0) is 9.53 Å². The average Bonchev–Trinajstić information content (AvgIpc) is 2.30. The number of halogens is 2. The van der Waals surface area contributed by atoms with Crippen LogP contribution >= 0.6 is 23.2 Å². The smallest absolute Gasteiger partial charge is 0.305 e. The molecule has 17 heavy (non-hydrogen) atoms. The van der Waals surface area contributed by atoms with E-state index in [0.29, 0.717) is 22.2 Å². The molecule has 0 amide bonds. The van der Waals surface area contributed by atoms with E-state index in [9.17, 15) is 4.79 Å². The number of rotatable bonds is 5. The summed E-state index contributed by atoms with van der Waals surface area (Å²) in [6.45, 7) is 1.86. The first-order valence-electron chi connectivity index (χ1n) is 5.01. The van der Waals surface area contributed by atoms with Gasteiger partial charge in [-0.3, -0.25) is 10.2 Å². The largest absolute Gasteiger partial charge is 0.460 e. The Morgan fingerprint density at radius 1 is 1.53 bits per heavy atom. The number of carbonyl (C=O) groups excluding carboxylic acids is 1. The van der Waals surface area contributed by atoms with Crippen molar-refractivity contribution < 1.29 is 9.53 Å². The molecule has 0 aliphatic heterocycles. The lowest BCUT2D eigenvalue weighted by atomic mass is 10.3. The van der Waals surface area contributed by atoms with E-state index in [0.717, 1.165) is 0 Å². The minimum atomic E-state index is -0.263. The molecule has 0 aliphatic rings. The third kappa shape index (κ3) is 5.06. The number of hydrogen-bond acceptors (Lipinski definition) is 4. The third-order valence-corrected chi connectivity index (χ3v) is 2.36. The standard InChI is InChI=1S/C11H12Cl2N2O2/c1-2-11(16)17-6-5-14-15-10-4-3-8(12)7-9(10)13/h3-5,7,15H,2,6H2,1H3. The van der Waals surface area contributed by atoms with Gasteiger partial charge in [-0.1, -0.05) is 30.1 Å². The monoisotopic (exact) mass is 274 g/mol. The summed E-state index contributed by atoms with van der Waals surface area (Å²) in [7, 11) is 0. The Balaban J connectivity index is 2.39. The van der Waals surface area contributed by atoms with Crippen molar-refractivity contribution in [2.75, 3.05) is 12.0 Å². The molecule has 0 unspecified atom stereocenters. The summed E-state index contributed by atoms with van der Waals surface area (Å²) in [5, 5.41) is 4.89. The zero-order chi connectivity index (χ0) is 12.7. The van der Waals surface area contributed by atoms with Crippen molar-refractivity contribution in [2.24, 2.45) is 5.10 Å². The first kappa shape index (κ1) is 13.8. The Hall–Kier alpha value is -1.26. The van der Waals surface area contributed by atoms with Crippen molar-refractivity contribution in [1.29, 1.82) is 0 Å². The van der Waals surface area contributed by atoms with Gasteiger partial charge in [0.25, 0.3) is 0 Å². The fourth-order valence-corrected chi connectivity index (χ4v) is 1.42. The Kier molecular flexibility index (Phi) is 5.80. The fourth-order valence-electron chi connectivity index (χ4n) is 0.965. The minimum Gasteiger partial charge on any atom is -0.460 e. The van der Waals surface area contributed by atoms with Crippen molar-refractivity contribution in [3.05, 3.63) is 28.2 Å². The van der Waals surface area contributed by atoms with Crippen molar-refractivity contribution >= 4 is 41.1 Å². The highest BCUT2D eigenvalue weighted by Crippen LogP contribution is 2.25. The number of ether oxygens (including phenoxy) is 1. The summed E-state index contributed by atoms with van der Waals surface area (Å²) in [5.41, 5.74) is 3.35. The Morgan fingerprint density at radius 2 is 2.29 bits per heavy atom. The van der Waals surface area contributed by atoms with Crippen molar-refractivity contribution in [1.82, 2.24) is 0 Å². The summed E-state index contributed by atoms with van der Waals surface area (Å²) < 4.78 is 4.80. The predicted molar refractivity (Wildman–Crippen MR) is 69.8 cm³/mol. The Bertz CT molecular complexity index is 422. The molecule has 0 saturated carbocycles. The van der Waals surface area contributed by atoms with Crippen LogP contribution in [-0.4, -0.2) is 18.8 Å². The van der Waals surface area contributed by atoms with Crippen molar-refractivity contribution in [2.45, 2.75) is 13.3 Å². The first-order chi connectivity index (χ1) is 8.13. The molecule has 0 aliphatic carbocycles. The normalized spacial score (nSPS) is 10.5. The Labute approximate surface area is 110 Å². The molecule has 1 rings (SSSR count). The van der Waals surface area contributed by atoms with Crippen LogP contribution in [0.5, 0.6) is 0 Å². The number of hydrazone groups is 1. The van der Waals surface area contributed by atoms with Crippen molar-refractivity contribution in [3.63, 3.8) is 0 Å². The summed E-state index contributed by atoms with van der Waals surface area (Å²) in [6.07, 6.45) is 1.79. The molecule has 0 bridgehead atoms. The van der Waals surface area contributed by atoms with Crippen LogP contribution in [0.3, 0.4) is 0 Å². The maximum Gasteiger partial charge on any atom is 0.305 e. The molecule has 92 valence electrons. The lowest BCUT2D eigenvalue weighted by molar-refractivity contribution is -0.141. The highest BCUT2D eigenvalue weighted by atomic mass is 35.5. The van der Waals surface area contributed by atoms with Gasteiger partial charge >= 0.3 is 5.97 Å². The van der Waals surface area contributed by atoms with Crippen LogP contribution in [0.1, 0.15) is 13.3 Å². The number of nitrogens with zero attached hydrogens (tertiary/aromatic N) is 1. The fraction of sp³-hybridized carbons (Fsp3) is 0.273. The van der Waals surface area contributed by atoms with Gasteiger partial charge in [0, 0.05) is 11.4 Å². The van der Waals surface area contributed by atoms with Crippen molar-refractivity contribution in [3.8, 4) is 0 Å². The summed E-state index contributed by atoms with van der Waals surface area (Å²) in [6, 6.07) is 5.01. The molecule has 1 aromatic rings. The van der Waals surface area contributed by atoms with Gasteiger partial charge in [-0.2, -0.15) is 5.10 Å². The molecule has 0 atom stereocenters. The van der Waals surface area contributed by atoms with Crippen LogP contribution in [0, 0.1) is 0 Å². The van der Waals surface area contributed by atoms with E-state index in [2.05, 4.69) is 10.5 Å².